The molecule has 104 valence electrons. The summed E-state index contributed by atoms with van der Waals surface area (Å²) in [6.45, 7) is 0.782. The molecule has 1 N–H and O–H groups in total. The van der Waals surface area contributed by atoms with E-state index in [9.17, 15) is 4.39 Å². The van der Waals surface area contributed by atoms with E-state index in [1.807, 2.05) is 0 Å². The summed E-state index contributed by atoms with van der Waals surface area (Å²) in [5, 5.41) is 3.26. The van der Waals surface area contributed by atoms with Gasteiger partial charge in [-0.1, -0.05) is 6.07 Å². The van der Waals surface area contributed by atoms with Crippen LogP contribution in [0.3, 0.4) is 0 Å². The minimum atomic E-state index is -0.222. The van der Waals surface area contributed by atoms with E-state index in [1.54, 1.807) is 18.3 Å². The number of benzene rings is 1. The molecule has 3 nitrogen and oxygen atoms in total. The smallest absolute Gasteiger partial charge is 0.130 e. The molecule has 0 saturated carbocycles. The van der Waals surface area contributed by atoms with Crippen LogP contribution in [0.5, 0.6) is 5.75 Å². The number of pyridine rings is 1. The van der Waals surface area contributed by atoms with Gasteiger partial charge in [0.1, 0.15) is 17.4 Å². The van der Waals surface area contributed by atoms with Crippen molar-refractivity contribution in [2.45, 2.75) is 12.3 Å². The standard InChI is InChI=1S/C15H14BrFN2O/c1-20-12-3-2-9(14(17)6-12)4-10-7-18-15-13(10)5-11(16)8-19-15/h2-3,5-6,8,10H,4,7H2,1H3,(H,18,19). The van der Waals surface area contributed by atoms with Gasteiger partial charge in [-0.05, 0) is 40.0 Å². The van der Waals surface area contributed by atoms with Gasteiger partial charge in [0.25, 0.3) is 0 Å². The van der Waals surface area contributed by atoms with Gasteiger partial charge < -0.3 is 10.1 Å². The molecular weight excluding hydrogens is 323 g/mol. The Bertz CT molecular complexity index is 648. The predicted octanol–water partition coefficient (Wildman–Crippen LogP) is 3.74. The van der Waals surface area contributed by atoms with E-state index >= 15 is 0 Å². The van der Waals surface area contributed by atoms with Gasteiger partial charge >= 0.3 is 0 Å². The average Bonchev–Trinajstić information content (AvgIpc) is 2.83. The molecule has 2 heterocycles. The van der Waals surface area contributed by atoms with E-state index in [1.165, 1.54) is 13.2 Å². The Kier molecular flexibility index (Phi) is 3.61. The normalized spacial score (nSPS) is 16.6. The van der Waals surface area contributed by atoms with Crippen molar-refractivity contribution < 1.29 is 9.13 Å². The Morgan fingerprint density at radius 3 is 3.05 bits per heavy atom. The molecule has 1 aromatic heterocycles. The first-order chi connectivity index (χ1) is 9.67. The zero-order valence-corrected chi connectivity index (χ0v) is 12.6. The highest BCUT2D eigenvalue weighted by Gasteiger charge is 2.24. The third-order valence-electron chi connectivity index (χ3n) is 3.57. The van der Waals surface area contributed by atoms with Gasteiger partial charge in [0.15, 0.2) is 0 Å². The molecule has 2 aromatic rings. The molecule has 0 aliphatic carbocycles. The summed E-state index contributed by atoms with van der Waals surface area (Å²) < 4.78 is 20.0. The van der Waals surface area contributed by atoms with Crippen LogP contribution in [-0.4, -0.2) is 18.6 Å². The molecule has 0 fully saturated rings. The molecule has 20 heavy (non-hydrogen) atoms. The zero-order valence-electron chi connectivity index (χ0n) is 11.0. The SMILES string of the molecule is COc1ccc(CC2CNc3ncc(Br)cc32)c(F)c1. The van der Waals surface area contributed by atoms with Crippen LogP contribution in [0, 0.1) is 5.82 Å². The lowest BCUT2D eigenvalue weighted by molar-refractivity contribution is 0.410. The number of hydrogen-bond donors (Lipinski definition) is 1. The number of anilines is 1. The Labute approximate surface area is 125 Å². The topological polar surface area (TPSA) is 34.1 Å². The van der Waals surface area contributed by atoms with Crippen LogP contribution in [0.25, 0.3) is 0 Å². The molecule has 1 atom stereocenters. The first-order valence-corrected chi connectivity index (χ1v) is 7.18. The number of aromatic nitrogens is 1. The molecule has 1 aliphatic heterocycles. The Hall–Kier alpha value is -1.62. The molecule has 1 aromatic carbocycles. The Morgan fingerprint density at radius 2 is 2.30 bits per heavy atom. The second-order valence-electron chi connectivity index (χ2n) is 4.83. The van der Waals surface area contributed by atoms with Crippen LogP contribution < -0.4 is 10.1 Å². The first-order valence-electron chi connectivity index (χ1n) is 6.39. The van der Waals surface area contributed by atoms with Gasteiger partial charge in [0.2, 0.25) is 0 Å². The lowest BCUT2D eigenvalue weighted by Crippen LogP contribution is -2.07. The molecule has 0 spiro atoms. The number of hydrogen-bond acceptors (Lipinski definition) is 3. The van der Waals surface area contributed by atoms with Crippen molar-refractivity contribution in [3.63, 3.8) is 0 Å². The maximum absolute atomic E-state index is 14.0. The highest BCUT2D eigenvalue weighted by atomic mass is 79.9. The summed E-state index contributed by atoms with van der Waals surface area (Å²) in [5.74, 6) is 1.45. The fourth-order valence-electron chi connectivity index (χ4n) is 2.51. The molecule has 3 rings (SSSR count). The highest BCUT2D eigenvalue weighted by Crippen LogP contribution is 2.34. The molecule has 1 aliphatic rings. The lowest BCUT2D eigenvalue weighted by atomic mass is 9.94. The van der Waals surface area contributed by atoms with Gasteiger partial charge in [-0.3, -0.25) is 0 Å². The van der Waals surface area contributed by atoms with E-state index in [0.29, 0.717) is 17.7 Å². The number of halogens is 2. The molecule has 0 bridgehead atoms. The largest absolute Gasteiger partial charge is 0.497 e. The molecular formula is C15H14BrFN2O. The van der Waals surface area contributed by atoms with Crippen LogP contribution in [0.4, 0.5) is 10.2 Å². The summed E-state index contributed by atoms with van der Waals surface area (Å²) in [4.78, 5) is 4.33. The number of methoxy groups -OCH3 is 1. The number of ether oxygens (including phenoxy) is 1. The van der Waals surface area contributed by atoms with E-state index in [4.69, 9.17) is 4.74 Å². The van der Waals surface area contributed by atoms with E-state index in [-0.39, 0.29) is 11.7 Å². The van der Waals surface area contributed by atoms with Crippen molar-refractivity contribution >= 4 is 21.7 Å². The summed E-state index contributed by atoms with van der Waals surface area (Å²) >= 11 is 3.43. The minimum Gasteiger partial charge on any atom is -0.497 e. The van der Waals surface area contributed by atoms with Crippen LogP contribution in [0.1, 0.15) is 17.0 Å². The number of nitrogens with zero attached hydrogens (tertiary/aromatic N) is 1. The monoisotopic (exact) mass is 336 g/mol. The minimum absolute atomic E-state index is 0.222. The Balaban J connectivity index is 1.85. The van der Waals surface area contributed by atoms with Crippen LogP contribution >= 0.6 is 15.9 Å². The van der Waals surface area contributed by atoms with Gasteiger partial charge in [-0.25, -0.2) is 9.37 Å². The average molecular weight is 337 g/mol. The second kappa shape index (κ2) is 5.40. The molecule has 0 radical (unpaired) electrons. The number of nitrogens with one attached hydrogen (secondary N) is 1. The summed E-state index contributed by atoms with van der Waals surface area (Å²) in [6, 6.07) is 7.06. The summed E-state index contributed by atoms with van der Waals surface area (Å²) in [5.41, 5.74) is 1.83. The Morgan fingerprint density at radius 1 is 1.45 bits per heavy atom. The van der Waals surface area contributed by atoms with Crippen LogP contribution in [-0.2, 0) is 6.42 Å². The van der Waals surface area contributed by atoms with E-state index in [2.05, 4.69) is 32.3 Å². The van der Waals surface area contributed by atoms with E-state index < -0.39 is 0 Å². The van der Waals surface area contributed by atoms with Gasteiger partial charge in [-0.15, -0.1) is 0 Å². The third-order valence-corrected chi connectivity index (χ3v) is 4.00. The maximum Gasteiger partial charge on any atom is 0.130 e. The zero-order chi connectivity index (χ0) is 14.1. The second-order valence-corrected chi connectivity index (χ2v) is 5.75. The van der Waals surface area contributed by atoms with Crippen molar-refractivity contribution in [3.8, 4) is 5.75 Å². The quantitative estimate of drug-likeness (QED) is 0.926. The van der Waals surface area contributed by atoms with Crippen molar-refractivity contribution in [2.24, 2.45) is 0 Å². The van der Waals surface area contributed by atoms with Crippen molar-refractivity contribution in [1.29, 1.82) is 0 Å². The van der Waals surface area contributed by atoms with Crippen LogP contribution in [0.2, 0.25) is 0 Å². The number of rotatable bonds is 3. The van der Waals surface area contributed by atoms with Crippen molar-refractivity contribution in [3.05, 3.63) is 51.9 Å². The van der Waals surface area contributed by atoms with E-state index in [0.717, 1.165) is 22.4 Å². The molecule has 5 heteroatoms. The lowest BCUT2D eigenvalue weighted by Gasteiger charge is -2.11. The van der Waals surface area contributed by atoms with Gasteiger partial charge in [-0.2, -0.15) is 0 Å². The van der Waals surface area contributed by atoms with Crippen molar-refractivity contribution in [2.75, 3.05) is 19.0 Å². The highest BCUT2D eigenvalue weighted by molar-refractivity contribution is 9.10. The summed E-state index contributed by atoms with van der Waals surface area (Å²) in [6.07, 6.45) is 2.41. The van der Waals surface area contributed by atoms with Gasteiger partial charge in [0, 0.05) is 34.8 Å². The first kappa shape index (κ1) is 13.4. The third kappa shape index (κ3) is 2.50. The molecule has 0 saturated heterocycles. The number of fused-ring (bicyclic) bond motifs is 1. The fraction of sp³-hybridized carbons (Fsp3) is 0.267. The molecule has 0 amide bonds. The fourth-order valence-corrected chi connectivity index (χ4v) is 2.86. The van der Waals surface area contributed by atoms with Crippen LogP contribution in [0.15, 0.2) is 34.9 Å². The maximum atomic E-state index is 14.0. The summed E-state index contributed by atoms with van der Waals surface area (Å²) in [7, 11) is 1.54. The predicted molar refractivity (Wildman–Crippen MR) is 79.8 cm³/mol. The van der Waals surface area contributed by atoms with Gasteiger partial charge in [0.05, 0.1) is 7.11 Å². The van der Waals surface area contributed by atoms with Crippen molar-refractivity contribution in [1.82, 2.24) is 4.98 Å². The molecule has 1 unspecified atom stereocenters.